The Morgan fingerprint density at radius 1 is 1.62 bits per heavy atom. The summed E-state index contributed by atoms with van der Waals surface area (Å²) in [6.45, 7) is 5.54. The summed E-state index contributed by atoms with van der Waals surface area (Å²) in [5, 5.41) is 6.60. The van der Waals surface area contributed by atoms with Crippen molar-refractivity contribution in [1.29, 1.82) is 0 Å². The Morgan fingerprint density at radius 2 is 2.23 bits per heavy atom. The lowest BCUT2D eigenvalue weighted by molar-refractivity contribution is 0.1000. The second kappa shape index (κ2) is 3.47. The number of nitrogens with two attached hydrogens (primary N) is 1. The quantitative estimate of drug-likeness (QED) is 0.729. The molecule has 0 aromatic carbocycles. The van der Waals surface area contributed by atoms with Crippen molar-refractivity contribution in [3.63, 3.8) is 0 Å². The third kappa shape index (κ3) is 1.99. The van der Waals surface area contributed by atoms with Gasteiger partial charge in [0.1, 0.15) is 5.56 Å². The molecule has 0 saturated carbocycles. The van der Waals surface area contributed by atoms with Gasteiger partial charge in [-0.3, -0.25) is 4.79 Å². The van der Waals surface area contributed by atoms with Gasteiger partial charge in [-0.25, -0.2) is 0 Å². The first kappa shape index (κ1) is 9.57. The Balaban J connectivity index is 3.00. The molecule has 0 fully saturated rings. The van der Waals surface area contributed by atoms with Crippen molar-refractivity contribution in [2.45, 2.75) is 26.8 Å². The van der Waals surface area contributed by atoms with E-state index in [-0.39, 0.29) is 6.04 Å². The lowest BCUT2D eigenvalue weighted by atomic mass is 10.2. The van der Waals surface area contributed by atoms with Crippen molar-refractivity contribution >= 4 is 11.8 Å². The number of anilines is 1. The summed E-state index contributed by atoms with van der Waals surface area (Å²) in [7, 11) is 0. The van der Waals surface area contributed by atoms with Crippen molar-refractivity contribution in [2.75, 3.05) is 5.32 Å². The van der Waals surface area contributed by atoms with Gasteiger partial charge in [-0.1, -0.05) is 5.16 Å². The Morgan fingerprint density at radius 3 is 2.69 bits per heavy atom. The van der Waals surface area contributed by atoms with E-state index in [1.165, 1.54) is 0 Å². The minimum absolute atomic E-state index is 0.172. The molecule has 0 aliphatic carbocycles. The van der Waals surface area contributed by atoms with Gasteiger partial charge >= 0.3 is 0 Å². The molecule has 3 N–H and O–H groups in total. The molecule has 0 spiro atoms. The first-order chi connectivity index (χ1) is 6.02. The topological polar surface area (TPSA) is 81.2 Å². The van der Waals surface area contributed by atoms with E-state index in [4.69, 9.17) is 10.3 Å². The Labute approximate surface area is 76.3 Å². The molecule has 72 valence electrons. The second-order valence-corrected chi connectivity index (χ2v) is 3.14. The molecule has 0 radical (unpaired) electrons. The van der Waals surface area contributed by atoms with Crippen LogP contribution in [0.15, 0.2) is 4.52 Å². The van der Waals surface area contributed by atoms with Crippen molar-refractivity contribution in [1.82, 2.24) is 5.16 Å². The van der Waals surface area contributed by atoms with Gasteiger partial charge in [-0.2, -0.15) is 0 Å². The van der Waals surface area contributed by atoms with Gasteiger partial charge in [0.2, 0.25) is 5.88 Å². The molecule has 0 bridgehead atoms. The van der Waals surface area contributed by atoms with E-state index in [1.54, 1.807) is 6.92 Å². The molecule has 5 nitrogen and oxygen atoms in total. The van der Waals surface area contributed by atoms with Crippen molar-refractivity contribution in [3.8, 4) is 0 Å². The zero-order chi connectivity index (χ0) is 10.0. The van der Waals surface area contributed by atoms with E-state index in [9.17, 15) is 4.79 Å². The van der Waals surface area contributed by atoms with E-state index in [0.717, 1.165) is 0 Å². The van der Waals surface area contributed by atoms with E-state index in [2.05, 4.69) is 10.5 Å². The summed E-state index contributed by atoms with van der Waals surface area (Å²) in [4.78, 5) is 11.0. The number of hydrogen-bond donors (Lipinski definition) is 2. The second-order valence-electron chi connectivity index (χ2n) is 3.14. The molecule has 1 aromatic rings. The minimum Gasteiger partial charge on any atom is -0.365 e. The molecule has 1 heterocycles. The maximum Gasteiger partial charge on any atom is 0.256 e. The predicted octanol–water partition coefficient (Wildman–Crippen LogP) is 0.902. The molecule has 1 aromatic heterocycles. The number of primary amides is 1. The number of amides is 1. The number of nitrogens with zero attached hydrogens (tertiary/aromatic N) is 1. The van der Waals surface area contributed by atoms with Gasteiger partial charge in [-0.15, -0.1) is 0 Å². The highest BCUT2D eigenvalue weighted by atomic mass is 16.5. The number of hydrogen-bond acceptors (Lipinski definition) is 4. The number of aromatic nitrogens is 1. The zero-order valence-corrected chi connectivity index (χ0v) is 7.92. The average molecular weight is 183 g/mol. The number of carbonyl (C=O) groups excluding carboxylic acids is 1. The normalized spacial score (nSPS) is 10.5. The predicted molar refractivity (Wildman–Crippen MR) is 48.5 cm³/mol. The fourth-order valence-electron chi connectivity index (χ4n) is 1.02. The highest BCUT2D eigenvalue weighted by Crippen LogP contribution is 2.18. The molecule has 0 unspecified atom stereocenters. The van der Waals surface area contributed by atoms with Crippen LogP contribution >= 0.6 is 0 Å². The van der Waals surface area contributed by atoms with Gasteiger partial charge < -0.3 is 15.6 Å². The van der Waals surface area contributed by atoms with Crippen molar-refractivity contribution in [3.05, 3.63) is 11.3 Å². The Bertz CT molecular complexity index is 317. The van der Waals surface area contributed by atoms with Crippen LogP contribution in [0.2, 0.25) is 0 Å². The van der Waals surface area contributed by atoms with Crippen LogP contribution in [0.5, 0.6) is 0 Å². The number of rotatable bonds is 3. The maximum absolute atomic E-state index is 11.0. The first-order valence-electron chi connectivity index (χ1n) is 4.05. The SMILES string of the molecule is Cc1noc(NC(C)C)c1C(N)=O. The Kier molecular flexibility index (Phi) is 2.55. The highest BCUT2D eigenvalue weighted by molar-refractivity contribution is 5.98. The number of carbonyl (C=O) groups is 1. The van der Waals surface area contributed by atoms with Crippen LogP contribution in [0.1, 0.15) is 29.9 Å². The Hall–Kier alpha value is -1.52. The van der Waals surface area contributed by atoms with E-state index >= 15 is 0 Å². The van der Waals surface area contributed by atoms with Crippen LogP contribution in [0.3, 0.4) is 0 Å². The third-order valence-corrected chi connectivity index (χ3v) is 1.53. The smallest absolute Gasteiger partial charge is 0.256 e. The maximum atomic E-state index is 11.0. The van der Waals surface area contributed by atoms with Gasteiger partial charge in [0.05, 0.1) is 5.69 Å². The first-order valence-corrected chi connectivity index (χ1v) is 4.05. The third-order valence-electron chi connectivity index (χ3n) is 1.53. The molecule has 0 aliphatic rings. The molecular formula is C8H13N3O2. The molecule has 0 saturated heterocycles. The summed E-state index contributed by atoms with van der Waals surface area (Å²) in [6.07, 6.45) is 0. The van der Waals surface area contributed by atoms with E-state index < -0.39 is 5.91 Å². The molecule has 0 aliphatic heterocycles. The van der Waals surface area contributed by atoms with E-state index in [1.807, 2.05) is 13.8 Å². The van der Waals surface area contributed by atoms with Crippen LogP contribution in [-0.2, 0) is 0 Å². The van der Waals surface area contributed by atoms with Crippen molar-refractivity contribution < 1.29 is 9.32 Å². The van der Waals surface area contributed by atoms with Crippen LogP contribution in [0.25, 0.3) is 0 Å². The lowest BCUT2D eigenvalue weighted by Crippen LogP contribution is -2.17. The van der Waals surface area contributed by atoms with Crippen LogP contribution in [-0.4, -0.2) is 17.1 Å². The number of nitrogens with one attached hydrogen (secondary N) is 1. The molecule has 13 heavy (non-hydrogen) atoms. The fourth-order valence-corrected chi connectivity index (χ4v) is 1.02. The lowest BCUT2D eigenvalue weighted by Gasteiger charge is -2.05. The summed E-state index contributed by atoms with van der Waals surface area (Å²) in [5.74, 6) is -0.179. The van der Waals surface area contributed by atoms with Gasteiger partial charge in [-0.05, 0) is 20.8 Å². The zero-order valence-electron chi connectivity index (χ0n) is 7.92. The van der Waals surface area contributed by atoms with Crippen LogP contribution in [0.4, 0.5) is 5.88 Å². The van der Waals surface area contributed by atoms with Gasteiger partial charge in [0, 0.05) is 6.04 Å². The number of aryl methyl sites for hydroxylation is 1. The van der Waals surface area contributed by atoms with Gasteiger partial charge in [0.15, 0.2) is 0 Å². The standard InChI is InChI=1S/C8H13N3O2/c1-4(2)10-8-6(7(9)12)5(3)11-13-8/h4,10H,1-3H3,(H2,9,12). The fraction of sp³-hybridized carbons (Fsp3) is 0.500. The summed E-state index contributed by atoms with van der Waals surface area (Å²) in [5.41, 5.74) is 5.99. The van der Waals surface area contributed by atoms with Crippen LogP contribution < -0.4 is 11.1 Å². The molecular weight excluding hydrogens is 170 g/mol. The summed E-state index contributed by atoms with van der Waals surface area (Å²) >= 11 is 0. The minimum atomic E-state index is -0.526. The largest absolute Gasteiger partial charge is 0.365 e. The molecule has 0 atom stereocenters. The van der Waals surface area contributed by atoms with Crippen LogP contribution in [0, 0.1) is 6.92 Å². The molecule has 1 amide bonds. The summed E-state index contributed by atoms with van der Waals surface area (Å²) in [6, 6.07) is 0.172. The highest BCUT2D eigenvalue weighted by Gasteiger charge is 2.17. The monoisotopic (exact) mass is 183 g/mol. The molecule has 5 heteroatoms. The molecule has 1 rings (SSSR count). The summed E-state index contributed by atoms with van der Waals surface area (Å²) < 4.78 is 4.91. The van der Waals surface area contributed by atoms with Gasteiger partial charge in [0.25, 0.3) is 5.91 Å². The average Bonchev–Trinajstić information content (AvgIpc) is 2.30. The van der Waals surface area contributed by atoms with E-state index in [0.29, 0.717) is 17.1 Å². The van der Waals surface area contributed by atoms with Crippen molar-refractivity contribution in [2.24, 2.45) is 5.73 Å².